The normalized spacial score (nSPS) is 25.5. The van der Waals surface area contributed by atoms with E-state index in [0.29, 0.717) is 12.8 Å². The van der Waals surface area contributed by atoms with Crippen molar-refractivity contribution in [3.63, 3.8) is 0 Å². The molecule has 0 aromatic carbocycles. The third-order valence-corrected chi connectivity index (χ3v) is 2.70. The van der Waals surface area contributed by atoms with E-state index in [1.165, 1.54) is 0 Å². The first-order chi connectivity index (χ1) is 7.56. The van der Waals surface area contributed by atoms with Crippen LogP contribution in [0.3, 0.4) is 0 Å². The van der Waals surface area contributed by atoms with Crippen LogP contribution in [-0.4, -0.2) is 23.0 Å². The van der Waals surface area contributed by atoms with Crippen molar-refractivity contribution in [1.29, 1.82) is 0 Å². The molecule has 1 rings (SSSR count). The Hall–Kier alpha value is -1.76. The van der Waals surface area contributed by atoms with Crippen LogP contribution >= 0.6 is 0 Å². The Bertz CT molecular complexity index is 354. The molecule has 16 heavy (non-hydrogen) atoms. The summed E-state index contributed by atoms with van der Waals surface area (Å²) in [5.41, 5.74) is 0. The summed E-state index contributed by atoms with van der Waals surface area (Å²) in [4.78, 5) is 22.7. The fraction of sp³-hybridized carbons (Fsp3) is 0.500. The summed E-state index contributed by atoms with van der Waals surface area (Å²) in [6, 6.07) is -0.368. The van der Waals surface area contributed by atoms with Crippen LogP contribution < -0.4 is 5.32 Å². The Morgan fingerprint density at radius 1 is 1.44 bits per heavy atom. The lowest BCUT2D eigenvalue weighted by atomic mass is 9.82. The molecule has 0 aromatic heterocycles. The third-order valence-electron chi connectivity index (χ3n) is 2.70. The lowest BCUT2D eigenvalue weighted by Crippen LogP contribution is -2.42. The van der Waals surface area contributed by atoms with E-state index < -0.39 is 17.8 Å². The lowest BCUT2D eigenvalue weighted by molar-refractivity contribution is -0.147. The summed E-state index contributed by atoms with van der Waals surface area (Å²) in [7, 11) is 0. The quantitative estimate of drug-likeness (QED) is 0.547. The molecule has 0 bridgehead atoms. The highest BCUT2D eigenvalue weighted by Crippen LogP contribution is 2.26. The highest BCUT2D eigenvalue weighted by Gasteiger charge is 2.34. The van der Waals surface area contributed by atoms with Crippen LogP contribution in [0.15, 0.2) is 12.2 Å². The highest BCUT2D eigenvalue weighted by atomic mass is 16.4. The van der Waals surface area contributed by atoms with E-state index in [9.17, 15) is 9.59 Å². The molecule has 0 saturated heterocycles. The van der Waals surface area contributed by atoms with Crippen molar-refractivity contribution in [3.05, 3.63) is 12.2 Å². The topological polar surface area (TPSA) is 66.4 Å². The maximum atomic E-state index is 11.8. The van der Waals surface area contributed by atoms with Gasteiger partial charge in [-0.15, -0.1) is 6.42 Å². The van der Waals surface area contributed by atoms with E-state index in [0.717, 1.165) is 0 Å². The minimum Gasteiger partial charge on any atom is -0.481 e. The van der Waals surface area contributed by atoms with Gasteiger partial charge in [-0.3, -0.25) is 9.59 Å². The van der Waals surface area contributed by atoms with Crippen LogP contribution in [0, 0.1) is 24.2 Å². The second-order valence-corrected chi connectivity index (χ2v) is 3.89. The Morgan fingerprint density at radius 3 is 2.50 bits per heavy atom. The number of hydrogen-bond acceptors (Lipinski definition) is 2. The van der Waals surface area contributed by atoms with Crippen LogP contribution in [0.2, 0.25) is 0 Å². The fourth-order valence-electron chi connectivity index (χ4n) is 1.74. The van der Waals surface area contributed by atoms with Crippen LogP contribution in [0.5, 0.6) is 0 Å². The highest BCUT2D eigenvalue weighted by molar-refractivity contribution is 5.85. The summed E-state index contributed by atoms with van der Waals surface area (Å²) in [6.45, 7) is 1.69. The third kappa shape index (κ3) is 2.86. The van der Waals surface area contributed by atoms with E-state index in [1.807, 2.05) is 6.08 Å². The molecule has 0 heterocycles. The number of amides is 1. The minimum atomic E-state index is -0.933. The molecule has 1 unspecified atom stereocenters. The van der Waals surface area contributed by atoms with E-state index in [-0.39, 0.29) is 11.9 Å². The molecule has 0 aliphatic heterocycles. The van der Waals surface area contributed by atoms with Gasteiger partial charge in [0.05, 0.1) is 17.9 Å². The van der Waals surface area contributed by atoms with Gasteiger partial charge in [0.1, 0.15) is 0 Å². The number of hydrogen-bond donors (Lipinski definition) is 2. The first kappa shape index (κ1) is 12.3. The zero-order valence-electron chi connectivity index (χ0n) is 9.14. The molecule has 1 aliphatic carbocycles. The van der Waals surface area contributed by atoms with Gasteiger partial charge < -0.3 is 10.4 Å². The molecular weight excluding hydrogens is 206 g/mol. The Morgan fingerprint density at radius 2 is 2.00 bits per heavy atom. The van der Waals surface area contributed by atoms with E-state index >= 15 is 0 Å². The van der Waals surface area contributed by atoms with Gasteiger partial charge >= 0.3 is 5.97 Å². The molecule has 0 fully saturated rings. The maximum Gasteiger partial charge on any atom is 0.307 e. The van der Waals surface area contributed by atoms with Gasteiger partial charge in [0.2, 0.25) is 5.91 Å². The van der Waals surface area contributed by atoms with Gasteiger partial charge in [-0.2, -0.15) is 0 Å². The number of nitrogens with one attached hydrogen (secondary N) is 1. The number of allylic oxidation sites excluding steroid dienone is 2. The number of carboxylic acid groups (broad SMARTS) is 1. The minimum absolute atomic E-state index is 0.276. The SMILES string of the molecule is C#CC(C)NC(=O)[C@@H]1CC=CC[C@@H]1C(=O)O. The summed E-state index contributed by atoms with van der Waals surface area (Å²) in [5.74, 6) is 0.0143. The predicted molar refractivity (Wildman–Crippen MR) is 59.4 cm³/mol. The first-order valence-electron chi connectivity index (χ1n) is 5.20. The summed E-state index contributed by atoms with van der Waals surface area (Å²) >= 11 is 0. The van der Waals surface area contributed by atoms with Crippen molar-refractivity contribution in [2.24, 2.45) is 11.8 Å². The Balaban J connectivity index is 2.70. The van der Waals surface area contributed by atoms with E-state index in [4.69, 9.17) is 11.5 Å². The number of terminal acetylenes is 1. The predicted octanol–water partition coefficient (Wildman–Crippen LogP) is 0.791. The molecule has 0 saturated carbocycles. The van der Waals surface area contributed by atoms with Crippen molar-refractivity contribution in [1.82, 2.24) is 5.32 Å². The first-order valence-corrected chi connectivity index (χ1v) is 5.20. The van der Waals surface area contributed by atoms with Gasteiger partial charge in [0.15, 0.2) is 0 Å². The van der Waals surface area contributed by atoms with Crippen molar-refractivity contribution >= 4 is 11.9 Å². The van der Waals surface area contributed by atoms with E-state index in [2.05, 4.69) is 11.2 Å². The summed E-state index contributed by atoms with van der Waals surface area (Å²) in [5, 5.41) is 11.6. The number of carbonyl (C=O) groups is 2. The number of carboxylic acids is 1. The van der Waals surface area contributed by atoms with Gasteiger partial charge in [0, 0.05) is 0 Å². The van der Waals surface area contributed by atoms with Crippen LogP contribution in [0.25, 0.3) is 0 Å². The molecule has 4 nitrogen and oxygen atoms in total. The van der Waals surface area contributed by atoms with Crippen molar-refractivity contribution in [3.8, 4) is 12.3 Å². The Kier molecular flexibility index (Phi) is 4.12. The Labute approximate surface area is 94.7 Å². The zero-order chi connectivity index (χ0) is 12.1. The summed E-state index contributed by atoms with van der Waals surface area (Å²) in [6.07, 6.45) is 9.64. The molecular formula is C12H15NO3. The smallest absolute Gasteiger partial charge is 0.307 e. The van der Waals surface area contributed by atoms with Crippen molar-refractivity contribution in [2.45, 2.75) is 25.8 Å². The van der Waals surface area contributed by atoms with Crippen molar-refractivity contribution < 1.29 is 14.7 Å². The molecule has 1 aliphatic rings. The monoisotopic (exact) mass is 221 g/mol. The molecule has 2 N–H and O–H groups in total. The van der Waals surface area contributed by atoms with Gasteiger partial charge in [-0.25, -0.2) is 0 Å². The van der Waals surface area contributed by atoms with Gasteiger partial charge in [-0.1, -0.05) is 18.1 Å². The average Bonchev–Trinajstić information content (AvgIpc) is 2.28. The molecule has 0 aromatic rings. The molecule has 3 atom stereocenters. The van der Waals surface area contributed by atoms with Crippen LogP contribution in [0.4, 0.5) is 0 Å². The number of carbonyl (C=O) groups excluding carboxylic acids is 1. The standard InChI is InChI=1S/C12H15NO3/c1-3-8(2)13-11(14)9-6-4-5-7-10(9)12(15)16/h1,4-5,8-10H,6-7H2,2H3,(H,13,14)(H,15,16)/t8?,9-,10+/m1/s1. The molecule has 4 heteroatoms. The second-order valence-electron chi connectivity index (χ2n) is 3.89. The van der Waals surface area contributed by atoms with Crippen LogP contribution in [0.1, 0.15) is 19.8 Å². The second kappa shape index (κ2) is 5.36. The number of rotatable bonds is 3. The van der Waals surface area contributed by atoms with Gasteiger partial charge in [-0.05, 0) is 19.8 Å². The zero-order valence-corrected chi connectivity index (χ0v) is 9.14. The molecule has 86 valence electrons. The maximum absolute atomic E-state index is 11.8. The number of aliphatic carboxylic acids is 1. The average molecular weight is 221 g/mol. The molecule has 0 spiro atoms. The molecule has 0 radical (unpaired) electrons. The lowest BCUT2D eigenvalue weighted by Gasteiger charge is -2.24. The van der Waals surface area contributed by atoms with E-state index in [1.54, 1.807) is 13.0 Å². The largest absolute Gasteiger partial charge is 0.481 e. The van der Waals surface area contributed by atoms with Crippen molar-refractivity contribution in [2.75, 3.05) is 0 Å². The van der Waals surface area contributed by atoms with Crippen LogP contribution in [-0.2, 0) is 9.59 Å². The molecule has 1 amide bonds. The van der Waals surface area contributed by atoms with Gasteiger partial charge in [0.25, 0.3) is 0 Å². The fourth-order valence-corrected chi connectivity index (χ4v) is 1.74. The summed E-state index contributed by atoms with van der Waals surface area (Å²) < 4.78 is 0.